The number of allylic oxidation sites excluding steroid dienone is 1. The molecule has 0 saturated heterocycles. The molecule has 1 aliphatic heterocycles. The quantitative estimate of drug-likeness (QED) is 0.747. The Balaban J connectivity index is 2.33. The number of rotatable bonds is 1. The zero-order chi connectivity index (χ0) is 16.7. The van der Waals surface area contributed by atoms with E-state index in [2.05, 4.69) is 15.9 Å². The third kappa shape index (κ3) is 2.37. The Morgan fingerprint density at radius 2 is 2.04 bits per heavy atom. The molecule has 3 rings (SSSR count). The van der Waals surface area contributed by atoms with Gasteiger partial charge in [0.15, 0.2) is 0 Å². The Hall–Kier alpha value is -2.72. The summed E-state index contributed by atoms with van der Waals surface area (Å²) in [4.78, 5) is 12.5. The molecule has 2 heterocycles. The average Bonchev–Trinajstić information content (AvgIpc) is 2.52. The number of aryl methyl sites for hydroxylation is 1. The SMILES string of the molecule is Cc1cc2c(c(=O)n1O)[C@@H](c1ccc(Br)cc1)C(C#N)=C(N)O2. The van der Waals surface area contributed by atoms with Gasteiger partial charge in [-0.25, -0.2) is 0 Å². The summed E-state index contributed by atoms with van der Waals surface area (Å²) in [5.74, 6) is -0.479. The van der Waals surface area contributed by atoms with Crippen molar-refractivity contribution in [2.24, 2.45) is 5.73 Å². The number of nitrogens with zero attached hydrogens (tertiary/aromatic N) is 2. The summed E-state index contributed by atoms with van der Waals surface area (Å²) >= 11 is 3.35. The molecular formula is C16H12BrN3O3. The van der Waals surface area contributed by atoms with Gasteiger partial charge < -0.3 is 15.7 Å². The zero-order valence-electron chi connectivity index (χ0n) is 12.1. The average molecular weight is 374 g/mol. The molecule has 0 radical (unpaired) electrons. The van der Waals surface area contributed by atoms with Crippen molar-refractivity contribution in [3.8, 4) is 11.8 Å². The van der Waals surface area contributed by atoms with Gasteiger partial charge in [0.05, 0.1) is 17.2 Å². The molecule has 1 atom stereocenters. The Morgan fingerprint density at radius 3 is 2.65 bits per heavy atom. The first-order valence-corrected chi connectivity index (χ1v) is 7.52. The molecule has 0 aliphatic carbocycles. The third-order valence-electron chi connectivity index (χ3n) is 3.75. The minimum atomic E-state index is -0.691. The van der Waals surface area contributed by atoms with Gasteiger partial charge in [-0.1, -0.05) is 28.1 Å². The fourth-order valence-electron chi connectivity index (χ4n) is 2.63. The first-order chi connectivity index (χ1) is 10.9. The maximum atomic E-state index is 12.5. The predicted octanol–water partition coefficient (Wildman–Crippen LogP) is 2.37. The van der Waals surface area contributed by atoms with Gasteiger partial charge >= 0.3 is 0 Å². The lowest BCUT2D eigenvalue weighted by molar-refractivity contribution is 0.165. The van der Waals surface area contributed by atoms with Crippen LogP contribution in [0.1, 0.15) is 22.7 Å². The number of halogens is 1. The van der Waals surface area contributed by atoms with E-state index in [1.54, 1.807) is 31.2 Å². The first kappa shape index (κ1) is 15.2. The van der Waals surface area contributed by atoms with E-state index >= 15 is 0 Å². The largest absolute Gasteiger partial charge is 0.440 e. The smallest absolute Gasteiger partial charge is 0.291 e. The molecule has 7 heteroatoms. The van der Waals surface area contributed by atoms with Gasteiger partial charge in [0.2, 0.25) is 5.88 Å². The molecule has 0 amide bonds. The highest BCUT2D eigenvalue weighted by Crippen LogP contribution is 2.40. The van der Waals surface area contributed by atoms with Crippen molar-refractivity contribution in [2.45, 2.75) is 12.8 Å². The molecule has 6 nitrogen and oxygen atoms in total. The minimum absolute atomic E-state index is 0.0394. The number of benzene rings is 1. The van der Waals surface area contributed by atoms with Crippen LogP contribution in [0.3, 0.4) is 0 Å². The lowest BCUT2D eigenvalue weighted by Gasteiger charge is -2.26. The van der Waals surface area contributed by atoms with E-state index in [-0.39, 0.29) is 22.8 Å². The standard InChI is InChI=1S/C16H12BrN3O3/c1-8-6-12-14(16(21)20(8)22)13(11(7-18)15(19)23-12)9-2-4-10(17)5-3-9/h2-6,13,22H,19H2,1H3/t13-/m0/s1. The van der Waals surface area contributed by atoms with Crippen LogP contribution in [0.5, 0.6) is 5.75 Å². The minimum Gasteiger partial charge on any atom is -0.440 e. The van der Waals surface area contributed by atoms with Gasteiger partial charge in [-0.2, -0.15) is 9.99 Å². The zero-order valence-corrected chi connectivity index (χ0v) is 13.7. The highest BCUT2D eigenvalue weighted by Gasteiger charge is 2.34. The van der Waals surface area contributed by atoms with Crippen molar-refractivity contribution in [1.82, 2.24) is 4.73 Å². The van der Waals surface area contributed by atoms with Crippen molar-refractivity contribution in [3.05, 3.63) is 73.4 Å². The third-order valence-corrected chi connectivity index (χ3v) is 4.28. The van der Waals surface area contributed by atoms with Gasteiger partial charge in [0.1, 0.15) is 17.4 Å². The molecule has 116 valence electrons. The molecule has 0 unspecified atom stereocenters. The lowest BCUT2D eigenvalue weighted by atomic mass is 9.84. The van der Waals surface area contributed by atoms with Crippen molar-refractivity contribution in [3.63, 3.8) is 0 Å². The number of aromatic nitrogens is 1. The van der Waals surface area contributed by atoms with Crippen LogP contribution >= 0.6 is 15.9 Å². The van der Waals surface area contributed by atoms with Gasteiger partial charge in [0.25, 0.3) is 5.56 Å². The normalized spacial score (nSPS) is 16.5. The van der Waals surface area contributed by atoms with Crippen LogP contribution in [0.4, 0.5) is 0 Å². The van der Waals surface area contributed by atoms with E-state index < -0.39 is 11.5 Å². The number of ether oxygens (including phenoxy) is 1. The number of pyridine rings is 1. The molecule has 0 saturated carbocycles. The van der Waals surface area contributed by atoms with Crippen LogP contribution in [0.25, 0.3) is 0 Å². The van der Waals surface area contributed by atoms with E-state index in [0.717, 1.165) is 4.47 Å². The highest BCUT2D eigenvalue weighted by atomic mass is 79.9. The molecule has 2 aromatic rings. The second kappa shape index (κ2) is 5.48. The summed E-state index contributed by atoms with van der Waals surface area (Å²) in [5.41, 5.74) is 6.57. The van der Waals surface area contributed by atoms with Crippen LogP contribution in [0, 0.1) is 18.3 Å². The Kier molecular flexibility index (Phi) is 3.62. The number of nitrogens with two attached hydrogens (primary N) is 1. The van der Waals surface area contributed by atoms with Crippen molar-refractivity contribution in [2.75, 3.05) is 0 Å². The van der Waals surface area contributed by atoms with Gasteiger partial charge in [-0.05, 0) is 24.6 Å². The summed E-state index contributed by atoms with van der Waals surface area (Å²) in [6, 6.07) is 10.7. The predicted molar refractivity (Wildman–Crippen MR) is 86.1 cm³/mol. The van der Waals surface area contributed by atoms with Crippen molar-refractivity contribution < 1.29 is 9.94 Å². The van der Waals surface area contributed by atoms with Crippen molar-refractivity contribution in [1.29, 1.82) is 5.26 Å². The molecular weight excluding hydrogens is 362 g/mol. The molecule has 0 fully saturated rings. The highest BCUT2D eigenvalue weighted by molar-refractivity contribution is 9.10. The molecule has 23 heavy (non-hydrogen) atoms. The Labute approximate surface area is 140 Å². The van der Waals surface area contributed by atoms with E-state index in [9.17, 15) is 15.3 Å². The van der Waals surface area contributed by atoms with Crippen LogP contribution in [-0.2, 0) is 0 Å². The van der Waals surface area contributed by atoms with Crippen LogP contribution < -0.4 is 16.0 Å². The molecule has 1 aromatic carbocycles. The molecule has 0 bridgehead atoms. The van der Waals surface area contributed by atoms with Gasteiger partial charge in [-0.15, -0.1) is 0 Å². The first-order valence-electron chi connectivity index (χ1n) is 6.73. The second-order valence-electron chi connectivity index (χ2n) is 5.16. The summed E-state index contributed by atoms with van der Waals surface area (Å²) in [6.45, 7) is 1.57. The Morgan fingerprint density at radius 1 is 1.39 bits per heavy atom. The number of hydrogen-bond acceptors (Lipinski definition) is 5. The maximum Gasteiger partial charge on any atom is 0.291 e. The summed E-state index contributed by atoms with van der Waals surface area (Å²) < 4.78 is 6.84. The fraction of sp³-hybridized carbons (Fsp3) is 0.125. The fourth-order valence-corrected chi connectivity index (χ4v) is 2.89. The second-order valence-corrected chi connectivity index (χ2v) is 6.07. The Bertz CT molecular complexity index is 923. The molecule has 0 spiro atoms. The van der Waals surface area contributed by atoms with E-state index in [1.807, 2.05) is 6.07 Å². The van der Waals surface area contributed by atoms with Gasteiger partial charge in [0, 0.05) is 10.5 Å². The maximum absolute atomic E-state index is 12.5. The number of hydrogen-bond donors (Lipinski definition) is 2. The van der Waals surface area contributed by atoms with Crippen LogP contribution in [0.2, 0.25) is 0 Å². The number of nitriles is 1. The summed E-state index contributed by atoms with van der Waals surface area (Å²) in [7, 11) is 0. The summed E-state index contributed by atoms with van der Waals surface area (Å²) in [5, 5.41) is 19.3. The van der Waals surface area contributed by atoms with Crippen LogP contribution in [0.15, 0.2) is 51.1 Å². The van der Waals surface area contributed by atoms with E-state index in [1.165, 1.54) is 6.07 Å². The van der Waals surface area contributed by atoms with E-state index in [4.69, 9.17) is 10.5 Å². The monoisotopic (exact) mass is 373 g/mol. The van der Waals surface area contributed by atoms with Crippen molar-refractivity contribution >= 4 is 15.9 Å². The van der Waals surface area contributed by atoms with E-state index in [0.29, 0.717) is 16.0 Å². The summed E-state index contributed by atoms with van der Waals surface area (Å²) in [6.07, 6.45) is 0. The number of fused-ring (bicyclic) bond motifs is 1. The molecule has 1 aliphatic rings. The van der Waals surface area contributed by atoms with Gasteiger partial charge in [-0.3, -0.25) is 4.79 Å². The lowest BCUT2D eigenvalue weighted by Crippen LogP contribution is -2.31. The molecule has 3 N–H and O–H groups in total. The molecule has 1 aromatic heterocycles. The van der Waals surface area contributed by atoms with Crippen LogP contribution in [-0.4, -0.2) is 9.94 Å². The topological polar surface area (TPSA) is 101 Å².